The third kappa shape index (κ3) is 1.42. The maximum absolute atomic E-state index is 12.2. The van der Waals surface area contributed by atoms with Gasteiger partial charge in [0.15, 0.2) is 0 Å². The number of carbonyl (C=O) groups is 2. The van der Waals surface area contributed by atoms with Gasteiger partial charge in [0, 0.05) is 18.5 Å². The number of rotatable bonds is 3. The highest BCUT2D eigenvalue weighted by atomic mass is 16.4. The van der Waals surface area contributed by atoms with Gasteiger partial charge < -0.3 is 10.0 Å². The number of likely N-dealkylation sites (tertiary alicyclic amines) is 1. The SMILES string of the molecule is O=C(CC1(C(=O)O)CCC1)N1CCC12CCC2. The number of carbonyl (C=O) groups excluding carboxylic acids is 1. The van der Waals surface area contributed by atoms with E-state index in [1.807, 2.05) is 4.90 Å². The summed E-state index contributed by atoms with van der Waals surface area (Å²) in [6, 6.07) is 0. The van der Waals surface area contributed by atoms with Crippen LogP contribution in [0.2, 0.25) is 0 Å². The molecule has 0 atom stereocenters. The molecule has 1 amide bonds. The minimum absolute atomic E-state index is 0.0815. The summed E-state index contributed by atoms with van der Waals surface area (Å²) in [5.41, 5.74) is -0.571. The van der Waals surface area contributed by atoms with E-state index >= 15 is 0 Å². The Kier molecular flexibility index (Phi) is 2.25. The van der Waals surface area contributed by atoms with E-state index in [9.17, 15) is 14.7 Å². The predicted molar refractivity (Wildman–Crippen MR) is 61.4 cm³/mol. The second-order valence-corrected chi connectivity index (χ2v) is 5.99. The van der Waals surface area contributed by atoms with Gasteiger partial charge in [0.2, 0.25) is 5.91 Å². The molecule has 4 heteroatoms. The van der Waals surface area contributed by atoms with Crippen LogP contribution in [-0.4, -0.2) is 34.0 Å². The first-order valence-electron chi connectivity index (χ1n) is 6.62. The molecule has 1 saturated heterocycles. The van der Waals surface area contributed by atoms with Crippen LogP contribution in [0.15, 0.2) is 0 Å². The third-order valence-electron chi connectivity index (χ3n) is 5.21. The summed E-state index contributed by atoms with van der Waals surface area (Å²) in [4.78, 5) is 25.4. The zero-order valence-corrected chi connectivity index (χ0v) is 10.1. The van der Waals surface area contributed by atoms with Crippen molar-refractivity contribution in [1.29, 1.82) is 0 Å². The molecule has 0 unspecified atom stereocenters. The topological polar surface area (TPSA) is 57.6 Å². The normalized spacial score (nSPS) is 27.9. The highest BCUT2D eigenvalue weighted by Gasteiger charge is 2.54. The lowest BCUT2D eigenvalue weighted by Crippen LogP contribution is -2.66. The van der Waals surface area contributed by atoms with E-state index < -0.39 is 11.4 Å². The van der Waals surface area contributed by atoms with Gasteiger partial charge in [0.05, 0.1) is 5.41 Å². The molecule has 3 rings (SSSR count). The van der Waals surface area contributed by atoms with Gasteiger partial charge in [0.1, 0.15) is 0 Å². The van der Waals surface area contributed by atoms with Crippen LogP contribution >= 0.6 is 0 Å². The van der Waals surface area contributed by atoms with Gasteiger partial charge in [-0.15, -0.1) is 0 Å². The van der Waals surface area contributed by atoms with Crippen molar-refractivity contribution < 1.29 is 14.7 Å². The highest BCUT2D eigenvalue weighted by molar-refractivity contribution is 5.86. The minimum Gasteiger partial charge on any atom is -0.481 e. The summed E-state index contributed by atoms with van der Waals surface area (Å²) in [7, 11) is 0. The first-order valence-corrected chi connectivity index (χ1v) is 6.62. The fourth-order valence-corrected chi connectivity index (χ4v) is 3.49. The van der Waals surface area contributed by atoms with Crippen LogP contribution in [0.25, 0.3) is 0 Å². The van der Waals surface area contributed by atoms with Gasteiger partial charge in [-0.05, 0) is 38.5 Å². The van der Waals surface area contributed by atoms with Crippen LogP contribution in [0.4, 0.5) is 0 Å². The fourth-order valence-electron chi connectivity index (χ4n) is 3.49. The molecule has 0 aromatic carbocycles. The molecule has 1 heterocycles. The summed E-state index contributed by atoms with van der Waals surface area (Å²) < 4.78 is 0. The summed E-state index contributed by atoms with van der Waals surface area (Å²) in [5, 5.41) is 9.24. The average molecular weight is 237 g/mol. The standard InChI is InChI=1S/C13H19NO3/c15-10(9-12(11(16)17)3-1-4-12)14-8-7-13(14)5-2-6-13/h1-9H2,(H,16,17). The van der Waals surface area contributed by atoms with Gasteiger partial charge in [-0.2, -0.15) is 0 Å². The number of amides is 1. The Hall–Kier alpha value is -1.06. The van der Waals surface area contributed by atoms with Crippen molar-refractivity contribution in [3.63, 3.8) is 0 Å². The first kappa shape index (κ1) is 11.1. The van der Waals surface area contributed by atoms with Gasteiger partial charge in [0.25, 0.3) is 0 Å². The molecule has 1 aliphatic heterocycles. The summed E-state index contributed by atoms with van der Waals surface area (Å²) in [5.74, 6) is -0.696. The Bertz CT molecular complexity index is 363. The summed E-state index contributed by atoms with van der Waals surface area (Å²) in [6.45, 7) is 0.842. The van der Waals surface area contributed by atoms with Gasteiger partial charge >= 0.3 is 5.97 Å². The van der Waals surface area contributed by atoms with Crippen molar-refractivity contribution in [1.82, 2.24) is 4.90 Å². The summed E-state index contributed by atoms with van der Waals surface area (Å²) in [6.07, 6.45) is 7.11. The quantitative estimate of drug-likeness (QED) is 0.814. The molecule has 1 N–H and O–H groups in total. The van der Waals surface area contributed by atoms with Crippen molar-refractivity contribution >= 4 is 11.9 Å². The molecular weight excluding hydrogens is 218 g/mol. The van der Waals surface area contributed by atoms with Crippen LogP contribution in [0.1, 0.15) is 51.4 Å². The van der Waals surface area contributed by atoms with Crippen molar-refractivity contribution in [2.24, 2.45) is 5.41 Å². The molecule has 94 valence electrons. The number of carboxylic acids is 1. The number of aliphatic carboxylic acids is 1. The number of carboxylic acid groups (broad SMARTS) is 1. The average Bonchev–Trinajstić information content (AvgIpc) is 2.06. The van der Waals surface area contributed by atoms with E-state index in [1.54, 1.807) is 0 Å². The monoisotopic (exact) mass is 237 g/mol. The van der Waals surface area contributed by atoms with Crippen LogP contribution in [0.5, 0.6) is 0 Å². The lowest BCUT2D eigenvalue weighted by atomic mass is 9.64. The molecule has 0 bridgehead atoms. The Morgan fingerprint density at radius 2 is 1.71 bits per heavy atom. The van der Waals surface area contributed by atoms with Crippen LogP contribution in [0, 0.1) is 5.41 Å². The Morgan fingerprint density at radius 1 is 1.06 bits per heavy atom. The molecule has 2 aliphatic carbocycles. The molecule has 0 radical (unpaired) electrons. The Balaban J connectivity index is 1.65. The predicted octanol–water partition coefficient (Wildman–Crippen LogP) is 1.79. The maximum atomic E-state index is 12.2. The second kappa shape index (κ2) is 3.47. The van der Waals surface area contributed by atoms with Crippen LogP contribution in [0.3, 0.4) is 0 Å². The van der Waals surface area contributed by atoms with Crippen molar-refractivity contribution in [2.45, 2.75) is 56.9 Å². The van der Waals surface area contributed by atoms with E-state index in [0.717, 1.165) is 32.2 Å². The molecular formula is C13H19NO3. The van der Waals surface area contributed by atoms with Crippen molar-refractivity contribution in [3.8, 4) is 0 Å². The Morgan fingerprint density at radius 3 is 2.00 bits per heavy atom. The summed E-state index contributed by atoms with van der Waals surface area (Å²) >= 11 is 0. The molecule has 0 aromatic heterocycles. The lowest BCUT2D eigenvalue weighted by Gasteiger charge is -2.59. The zero-order valence-electron chi connectivity index (χ0n) is 10.1. The molecule has 3 aliphatic rings. The van der Waals surface area contributed by atoms with E-state index in [2.05, 4.69) is 0 Å². The van der Waals surface area contributed by atoms with Crippen LogP contribution in [-0.2, 0) is 9.59 Å². The first-order chi connectivity index (χ1) is 8.08. The van der Waals surface area contributed by atoms with Crippen LogP contribution < -0.4 is 0 Å². The molecule has 1 spiro atoms. The Labute approximate surface area is 101 Å². The highest BCUT2D eigenvalue weighted by Crippen LogP contribution is 2.50. The lowest BCUT2D eigenvalue weighted by molar-refractivity contribution is -0.169. The smallest absolute Gasteiger partial charge is 0.310 e. The maximum Gasteiger partial charge on any atom is 0.310 e. The second-order valence-electron chi connectivity index (χ2n) is 5.99. The molecule has 0 aromatic rings. The minimum atomic E-state index is -0.778. The van der Waals surface area contributed by atoms with E-state index in [4.69, 9.17) is 0 Å². The van der Waals surface area contributed by atoms with Gasteiger partial charge in [-0.3, -0.25) is 9.59 Å². The number of nitrogens with zero attached hydrogens (tertiary/aromatic N) is 1. The number of hydrogen-bond acceptors (Lipinski definition) is 2. The van der Waals surface area contributed by atoms with Crippen molar-refractivity contribution in [2.75, 3.05) is 6.54 Å². The molecule has 17 heavy (non-hydrogen) atoms. The van der Waals surface area contributed by atoms with E-state index in [1.165, 1.54) is 6.42 Å². The largest absolute Gasteiger partial charge is 0.481 e. The molecule has 4 nitrogen and oxygen atoms in total. The van der Waals surface area contributed by atoms with Gasteiger partial charge in [-0.1, -0.05) is 6.42 Å². The van der Waals surface area contributed by atoms with Gasteiger partial charge in [-0.25, -0.2) is 0 Å². The molecule has 2 saturated carbocycles. The van der Waals surface area contributed by atoms with E-state index in [0.29, 0.717) is 12.8 Å². The third-order valence-corrected chi connectivity index (χ3v) is 5.21. The zero-order chi connectivity index (χ0) is 12.1. The van der Waals surface area contributed by atoms with E-state index in [-0.39, 0.29) is 17.9 Å². The molecule has 3 fully saturated rings. The fraction of sp³-hybridized carbons (Fsp3) is 0.846. The number of hydrogen-bond donors (Lipinski definition) is 1. The van der Waals surface area contributed by atoms with Crippen molar-refractivity contribution in [3.05, 3.63) is 0 Å².